The third kappa shape index (κ3) is 4.78. The number of nitrogens with one attached hydrogen (secondary N) is 1. The Morgan fingerprint density at radius 2 is 1.95 bits per heavy atom. The lowest BCUT2D eigenvalue weighted by molar-refractivity contribution is -0.138. The molecule has 19 heavy (non-hydrogen) atoms. The van der Waals surface area contributed by atoms with Gasteiger partial charge in [0.05, 0.1) is 24.3 Å². The fraction of sp³-hybridized carbons (Fsp3) is 0.538. The van der Waals surface area contributed by atoms with Gasteiger partial charge < -0.3 is 10.1 Å². The van der Waals surface area contributed by atoms with E-state index in [0.29, 0.717) is 4.47 Å². The first-order valence-corrected chi connectivity index (χ1v) is 6.70. The van der Waals surface area contributed by atoms with E-state index in [0.717, 1.165) is 6.07 Å². The lowest BCUT2D eigenvalue weighted by Gasteiger charge is -2.22. The van der Waals surface area contributed by atoms with Gasteiger partial charge in [-0.15, -0.1) is 0 Å². The van der Waals surface area contributed by atoms with Gasteiger partial charge in [0.25, 0.3) is 0 Å². The average molecular weight is 340 g/mol. The van der Waals surface area contributed by atoms with E-state index in [1.54, 1.807) is 13.1 Å². The van der Waals surface area contributed by atoms with Gasteiger partial charge in [0.2, 0.25) is 0 Å². The zero-order valence-corrected chi connectivity index (χ0v) is 12.6. The number of hydrogen-bond acceptors (Lipinski definition) is 2. The van der Waals surface area contributed by atoms with Crippen LogP contribution in [0.15, 0.2) is 22.7 Å². The average Bonchev–Trinajstić information content (AvgIpc) is 2.29. The molecule has 0 aliphatic rings. The molecule has 0 saturated carbocycles. The van der Waals surface area contributed by atoms with Gasteiger partial charge in [-0.2, -0.15) is 13.2 Å². The molecule has 1 atom stereocenters. The zero-order chi connectivity index (χ0) is 14.6. The second-order valence-electron chi connectivity index (χ2n) is 4.45. The summed E-state index contributed by atoms with van der Waals surface area (Å²) in [6, 6.07) is 3.67. The topological polar surface area (TPSA) is 21.3 Å². The maximum absolute atomic E-state index is 13.0. The number of benzene rings is 1. The standard InChI is InChI=1S/C13H17BrF3NO/c1-8(2)19-7-12(18-3)10-5-4-9(14)6-11(10)13(15,16)17/h4-6,8,12,18H,7H2,1-3H3. The molecule has 1 aromatic carbocycles. The summed E-state index contributed by atoms with van der Waals surface area (Å²) in [5, 5.41) is 2.87. The van der Waals surface area contributed by atoms with Crippen LogP contribution in [-0.4, -0.2) is 19.8 Å². The van der Waals surface area contributed by atoms with E-state index in [2.05, 4.69) is 21.2 Å². The van der Waals surface area contributed by atoms with Crippen LogP contribution in [0.25, 0.3) is 0 Å². The van der Waals surface area contributed by atoms with E-state index in [-0.39, 0.29) is 18.3 Å². The molecule has 0 fully saturated rings. The van der Waals surface area contributed by atoms with Gasteiger partial charge in [0, 0.05) is 4.47 Å². The number of hydrogen-bond donors (Lipinski definition) is 1. The molecular weight excluding hydrogens is 323 g/mol. The monoisotopic (exact) mass is 339 g/mol. The van der Waals surface area contributed by atoms with Crippen molar-refractivity contribution in [2.45, 2.75) is 32.2 Å². The summed E-state index contributed by atoms with van der Waals surface area (Å²) in [7, 11) is 1.62. The summed E-state index contributed by atoms with van der Waals surface area (Å²) < 4.78 is 44.9. The summed E-state index contributed by atoms with van der Waals surface area (Å²) in [5.41, 5.74) is -0.451. The Balaban J connectivity index is 3.09. The lowest BCUT2D eigenvalue weighted by atomic mass is 10.0. The first kappa shape index (κ1) is 16.5. The Morgan fingerprint density at radius 3 is 2.42 bits per heavy atom. The SMILES string of the molecule is CNC(COC(C)C)c1ccc(Br)cc1C(F)(F)F. The van der Waals surface area contributed by atoms with Crippen LogP contribution in [0.2, 0.25) is 0 Å². The highest BCUT2D eigenvalue weighted by molar-refractivity contribution is 9.10. The summed E-state index contributed by atoms with van der Waals surface area (Å²) in [6.45, 7) is 3.89. The first-order chi connectivity index (χ1) is 8.75. The predicted octanol–water partition coefficient (Wildman–Crippen LogP) is 4.15. The third-order valence-corrected chi connectivity index (χ3v) is 3.13. The molecule has 0 aromatic heterocycles. The Hall–Kier alpha value is -0.590. The molecule has 0 aliphatic carbocycles. The van der Waals surface area contributed by atoms with Gasteiger partial charge in [-0.3, -0.25) is 0 Å². The number of rotatable bonds is 5. The second kappa shape index (κ2) is 6.72. The van der Waals surface area contributed by atoms with Crippen molar-refractivity contribution in [3.8, 4) is 0 Å². The molecule has 1 unspecified atom stereocenters. The van der Waals surface area contributed by atoms with E-state index in [4.69, 9.17) is 4.74 Å². The number of likely N-dealkylation sites (N-methyl/N-ethyl adjacent to an activating group) is 1. The van der Waals surface area contributed by atoms with E-state index < -0.39 is 17.8 Å². The normalized spacial score (nSPS) is 13.9. The molecule has 1 N–H and O–H groups in total. The summed E-state index contributed by atoms with van der Waals surface area (Å²) in [4.78, 5) is 0. The molecule has 6 heteroatoms. The molecule has 0 aliphatic heterocycles. The molecule has 108 valence electrons. The van der Waals surface area contributed by atoms with Crippen LogP contribution in [0.4, 0.5) is 13.2 Å². The van der Waals surface area contributed by atoms with Gasteiger partial charge in [-0.1, -0.05) is 22.0 Å². The summed E-state index contributed by atoms with van der Waals surface area (Å²) in [6.07, 6.45) is -4.41. The van der Waals surface area contributed by atoms with Gasteiger partial charge >= 0.3 is 6.18 Å². The second-order valence-corrected chi connectivity index (χ2v) is 5.37. The van der Waals surface area contributed by atoms with E-state index in [1.165, 1.54) is 6.07 Å². The van der Waals surface area contributed by atoms with Gasteiger partial charge in [-0.25, -0.2) is 0 Å². The smallest absolute Gasteiger partial charge is 0.377 e. The third-order valence-electron chi connectivity index (χ3n) is 2.64. The van der Waals surface area contributed by atoms with Crippen molar-refractivity contribution in [2.75, 3.05) is 13.7 Å². The minimum absolute atomic E-state index is 0.0272. The van der Waals surface area contributed by atoms with Gasteiger partial charge in [-0.05, 0) is 38.6 Å². The lowest BCUT2D eigenvalue weighted by Crippen LogP contribution is -2.26. The molecule has 0 bridgehead atoms. The van der Waals surface area contributed by atoms with Gasteiger partial charge in [0.1, 0.15) is 0 Å². The molecule has 0 heterocycles. The van der Waals surface area contributed by atoms with Crippen molar-refractivity contribution in [3.05, 3.63) is 33.8 Å². The Kier molecular flexibility index (Phi) is 5.82. The highest BCUT2D eigenvalue weighted by Crippen LogP contribution is 2.36. The molecule has 1 aromatic rings. The Morgan fingerprint density at radius 1 is 1.32 bits per heavy atom. The van der Waals surface area contributed by atoms with Crippen molar-refractivity contribution in [1.82, 2.24) is 5.32 Å². The number of halogens is 4. The van der Waals surface area contributed by atoms with Gasteiger partial charge in [0.15, 0.2) is 0 Å². The Bertz CT molecular complexity index is 421. The number of ether oxygens (including phenoxy) is 1. The van der Waals surface area contributed by atoms with Crippen LogP contribution in [0, 0.1) is 0 Å². The van der Waals surface area contributed by atoms with Crippen molar-refractivity contribution < 1.29 is 17.9 Å². The predicted molar refractivity (Wildman–Crippen MR) is 72.0 cm³/mol. The molecular formula is C13H17BrF3NO. The maximum atomic E-state index is 13.0. The molecule has 2 nitrogen and oxygen atoms in total. The molecule has 1 rings (SSSR count). The summed E-state index contributed by atoms with van der Waals surface area (Å²) >= 11 is 3.07. The largest absolute Gasteiger partial charge is 0.416 e. The van der Waals surface area contributed by atoms with Crippen LogP contribution >= 0.6 is 15.9 Å². The first-order valence-electron chi connectivity index (χ1n) is 5.91. The zero-order valence-electron chi connectivity index (χ0n) is 11.0. The van der Waals surface area contributed by atoms with Crippen LogP contribution < -0.4 is 5.32 Å². The van der Waals surface area contributed by atoms with Crippen molar-refractivity contribution >= 4 is 15.9 Å². The van der Waals surface area contributed by atoms with E-state index >= 15 is 0 Å². The molecule has 0 amide bonds. The minimum atomic E-state index is -4.38. The maximum Gasteiger partial charge on any atom is 0.416 e. The highest BCUT2D eigenvalue weighted by Gasteiger charge is 2.35. The highest BCUT2D eigenvalue weighted by atomic mass is 79.9. The molecule has 0 saturated heterocycles. The van der Waals surface area contributed by atoms with Crippen molar-refractivity contribution in [1.29, 1.82) is 0 Å². The summed E-state index contributed by atoms with van der Waals surface area (Å²) in [5.74, 6) is 0. The molecule has 0 spiro atoms. The fourth-order valence-electron chi connectivity index (χ4n) is 1.70. The van der Waals surface area contributed by atoms with Crippen molar-refractivity contribution in [2.24, 2.45) is 0 Å². The molecule has 0 radical (unpaired) electrons. The Labute approximate surface area is 119 Å². The van der Waals surface area contributed by atoms with Crippen molar-refractivity contribution in [3.63, 3.8) is 0 Å². The van der Waals surface area contributed by atoms with Crippen LogP contribution in [0.5, 0.6) is 0 Å². The number of alkyl halides is 3. The van der Waals surface area contributed by atoms with Crippen LogP contribution in [0.1, 0.15) is 31.0 Å². The van der Waals surface area contributed by atoms with Crippen LogP contribution in [-0.2, 0) is 10.9 Å². The van der Waals surface area contributed by atoms with E-state index in [9.17, 15) is 13.2 Å². The quantitative estimate of drug-likeness (QED) is 0.869. The van der Waals surface area contributed by atoms with Crippen LogP contribution in [0.3, 0.4) is 0 Å². The van der Waals surface area contributed by atoms with E-state index in [1.807, 2.05) is 13.8 Å². The minimum Gasteiger partial charge on any atom is -0.377 e. The fourth-order valence-corrected chi connectivity index (χ4v) is 2.06.